The second-order valence-electron chi connectivity index (χ2n) is 7.92. The van der Waals surface area contributed by atoms with Crippen molar-refractivity contribution in [3.63, 3.8) is 0 Å². The summed E-state index contributed by atoms with van der Waals surface area (Å²) in [6, 6.07) is 17.0. The van der Waals surface area contributed by atoms with Crippen LogP contribution in [0.1, 0.15) is 25.0 Å². The molecule has 0 atom stereocenters. The van der Waals surface area contributed by atoms with Crippen LogP contribution >= 0.6 is 39.9 Å². The van der Waals surface area contributed by atoms with E-state index in [1.807, 2.05) is 32.0 Å². The number of thioether (sulfide) groups is 1. The molecule has 0 unspecified atom stereocenters. The van der Waals surface area contributed by atoms with Crippen molar-refractivity contribution in [2.75, 3.05) is 18.1 Å². The van der Waals surface area contributed by atoms with Crippen molar-refractivity contribution in [3.05, 3.63) is 91.3 Å². The third-order valence-electron chi connectivity index (χ3n) is 5.36. The molecule has 1 aliphatic heterocycles. The average molecular weight is 616 g/mol. The topological polar surface area (TPSA) is 91.1 Å². The van der Waals surface area contributed by atoms with Crippen molar-refractivity contribution in [2.45, 2.75) is 20.5 Å². The van der Waals surface area contributed by atoms with Crippen LogP contribution in [-0.4, -0.2) is 28.4 Å². The molecule has 1 saturated heterocycles. The Bertz CT molecular complexity index is 1390. The molecule has 8 nitrogen and oxygen atoms in total. The maximum atomic E-state index is 13.2. The van der Waals surface area contributed by atoms with Gasteiger partial charge < -0.3 is 14.2 Å². The van der Waals surface area contributed by atoms with Crippen LogP contribution < -0.4 is 19.1 Å². The predicted molar refractivity (Wildman–Crippen MR) is 156 cm³/mol. The molecule has 0 N–H and O–H groups in total. The zero-order chi connectivity index (χ0) is 27.2. The summed E-state index contributed by atoms with van der Waals surface area (Å²) in [5.74, 6) is 1.50. The van der Waals surface area contributed by atoms with Crippen LogP contribution in [0.5, 0.6) is 17.2 Å². The molecule has 1 fully saturated rings. The first-order valence-electron chi connectivity index (χ1n) is 11.6. The lowest BCUT2D eigenvalue weighted by Crippen LogP contribution is -2.27. The summed E-state index contributed by atoms with van der Waals surface area (Å²) < 4.78 is 18.4. The van der Waals surface area contributed by atoms with E-state index in [0.717, 1.165) is 16.9 Å². The third kappa shape index (κ3) is 6.35. The highest BCUT2D eigenvalue weighted by Gasteiger charge is 2.33. The van der Waals surface area contributed by atoms with Crippen LogP contribution in [0.15, 0.2) is 70.0 Å². The SMILES string of the molecule is CCOc1ccc(N2C(=O)/C(=C\c3cc(Br)c(OCc4ccc([N+](=O)[O-])cc4)c(OCC)c3)SC2=S)cc1. The van der Waals surface area contributed by atoms with E-state index in [-0.39, 0.29) is 18.2 Å². The Kier molecular flexibility index (Phi) is 9.03. The van der Waals surface area contributed by atoms with Gasteiger partial charge in [-0.05, 0) is 95.5 Å². The second-order valence-corrected chi connectivity index (χ2v) is 10.4. The summed E-state index contributed by atoms with van der Waals surface area (Å²) >= 11 is 10.3. The predicted octanol–water partition coefficient (Wildman–Crippen LogP) is 7.14. The molecular formula is C27H23BrN2O6S2. The first-order chi connectivity index (χ1) is 18.3. The number of non-ortho nitro benzene ring substituents is 1. The number of nitrogens with zero attached hydrogens (tertiary/aromatic N) is 2. The molecule has 38 heavy (non-hydrogen) atoms. The van der Waals surface area contributed by atoms with Crippen LogP contribution in [0.3, 0.4) is 0 Å². The number of nitro benzene ring substituents is 1. The van der Waals surface area contributed by atoms with Crippen molar-refractivity contribution in [3.8, 4) is 17.2 Å². The number of nitro groups is 1. The molecule has 0 spiro atoms. The molecule has 3 aromatic rings. The Labute approximate surface area is 237 Å². The van der Waals surface area contributed by atoms with E-state index in [4.69, 9.17) is 26.4 Å². The van der Waals surface area contributed by atoms with Crippen molar-refractivity contribution in [1.82, 2.24) is 0 Å². The first-order valence-corrected chi connectivity index (χ1v) is 13.7. The molecule has 1 amide bonds. The van der Waals surface area contributed by atoms with Crippen molar-refractivity contribution in [2.24, 2.45) is 0 Å². The molecule has 11 heteroatoms. The molecule has 4 rings (SSSR count). The Morgan fingerprint density at radius 3 is 2.34 bits per heavy atom. The fourth-order valence-corrected chi connectivity index (χ4v) is 5.52. The van der Waals surface area contributed by atoms with E-state index in [1.165, 1.54) is 28.8 Å². The molecule has 0 saturated carbocycles. The van der Waals surface area contributed by atoms with Gasteiger partial charge in [0.05, 0.1) is 33.2 Å². The Hall–Kier alpha value is -3.41. The largest absolute Gasteiger partial charge is 0.494 e. The summed E-state index contributed by atoms with van der Waals surface area (Å²) in [5.41, 5.74) is 2.19. The second kappa shape index (κ2) is 12.4. The fourth-order valence-electron chi connectivity index (χ4n) is 3.64. The zero-order valence-corrected chi connectivity index (χ0v) is 23.7. The normalized spacial score (nSPS) is 14.2. The van der Waals surface area contributed by atoms with Crippen LogP contribution in [0.2, 0.25) is 0 Å². The van der Waals surface area contributed by atoms with Crippen molar-refractivity contribution >= 4 is 67.6 Å². The Morgan fingerprint density at radius 2 is 1.71 bits per heavy atom. The number of carbonyl (C=O) groups is 1. The van der Waals surface area contributed by atoms with Gasteiger partial charge in [-0.15, -0.1) is 0 Å². The zero-order valence-electron chi connectivity index (χ0n) is 20.5. The molecule has 0 aromatic heterocycles. The lowest BCUT2D eigenvalue weighted by molar-refractivity contribution is -0.384. The monoisotopic (exact) mass is 614 g/mol. The maximum absolute atomic E-state index is 13.2. The molecule has 1 aliphatic rings. The standard InChI is InChI=1S/C27H23BrN2O6S2/c1-3-34-21-11-9-19(10-12-21)29-26(31)24(38-27(29)37)15-18-13-22(28)25(23(14-18)35-4-2)36-16-17-5-7-20(8-6-17)30(32)33/h5-15H,3-4,16H2,1-2H3/b24-15+. The van der Waals surface area contributed by atoms with Crippen LogP contribution in [0, 0.1) is 10.1 Å². The summed E-state index contributed by atoms with van der Waals surface area (Å²) in [4.78, 5) is 25.6. The molecule has 0 radical (unpaired) electrons. The quantitative estimate of drug-likeness (QED) is 0.103. The van der Waals surface area contributed by atoms with Gasteiger partial charge in [0.15, 0.2) is 15.8 Å². The number of rotatable bonds is 10. The van der Waals surface area contributed by atoms with E-state index in [1.54, 1.807) is 36.4 Å². The van der Waals surface area contributed by atoms with Gasteiger partial charge in [-0.3, -0.25) is 19.8 Å². The number of ether oxygens (including phenoxy) is 3. The number of hydrogen-bond acceptors (Lipinski definition) is 8. The van der Waals surface area contributed by atoms with E-state index in [0.29, 0.717) is 44.1 Å². The highest BCUT2D eigenvalue weighted by molar-refractivity contribution is 9.10. The van der Waals surface area contributed by atoms with Gasteiger partial charge in [0.2, 0.25) is 0 Å². The van der Waals surface area contributed by atoms with Crippen molar-refractivity contribution in [1.29, 1.82) is 0 Å². The molecule has 3 aromatic carbocycles. The fraction of sp³-hybridized carbons (Fsp3) is 0.185. The van der Waals surface area contributed by atoms with Crippen LogP contribution in [0.25, 0.3) is 6.08 Å². The van der Waals surface area contributed by atoms with Crippen LogP contribution in [0.4, 0.5) is 11.4 Å². The number of amides is 1. The molecule has 0 bridgehead atoms. The van der Waals surface area contributed by atoms with Crippen LogP contribution in [-0.2, 0) is 11.4 Å². The van der Waals surface area contributed by atoms with Gasteiger partial charge in [0, 0.05) is 12.1 Å². The highest BCUT2D eigenvalue weighted by atomic mass is 79.9. The summed E-state index contributed by atoms with van der Waals surface area (Å²) in [6.07, 6.45) is 1.77. The number of anilines is 1. The Balaban J connectivity index is 1.55. The lowest BCUT2D eigenvalue weighted by atomic mass is 10.1. The first kappa shape index (κ1) is 27.6. The number of benzene rings is 3. The average Bonchev–Trinajstić information content (AvgIpc) is 3.17. The molecule has 1 heterocycles. The highest BCUT2D eigenvalue weighted by Crippen LogP contribution is 2.41. The smallest absolute Gasteiger partial charge is 0.270 e. The van der Waals surface area contributed by atoms with E-state index < -0.39 is 4.92 Å². The van der Waals surface area contributed by atoms with E-state index in [2.05, 4.69) is 15.9 Å². The molecule has 0 aliphatic carbocycles. The number of carbonyl (C=O) groups excluding carboxylic acids is 1. The third-order valence-corrected chi connectivity index (χ3v) is 7.25. The number of halogens is 1. The van der Waals surface area contributed by atoms with Gasteiger partial charge >= 0.3 is 0 Å². The van der Waals surface area contributed by atoms with E-state index >= 15 is 0 Å². The minimum atomic E-state index is -0.445. The lowest BCUT2D eigenvalue weighted by Gasteiger charge is -2.15. The van der Waals surface area contributed by atoms with Gasteiger partial charge in [-0.2, -0.15) is 0 Å². The minimum Gasteiger partial charge on any atom is -0.494 e. The Morgan fingerprint density at radius 1 is 1.03 bits per heavy atom. The number of hydrogen-bond donors (Lipinski definition) is 0. The molecular weight excluding hydrogens is 592 g/mol. The minimum absolute atomic E-state index is 0.0160. The summed E-state index contributed by atoms with van der Waals surface area (Å²) in [7, 11) is 0. The van der Waals surface area contributed by atoms with Gasteiger partial charge in [-0.1, -0.05) is 24.0 Å². The van der Waals surface area contributed by atoms with Gasteiger partial charge in [0.1, 0.15) is 12.4 Å². The maximum Gasteiger partial charge on any atom is 0.270 e. The number of thiocarbonyl (C=S) groups is 1. The summed E-state index contributed by atoms with van der Waals surface area (Å²) in [6.45, 7) is 4.93. The van der Waals surface area contributed by atoms with Crippen molar-refractivity contribution < 1.29 is 23.9 Å². The van der Waals surface area contributed by atoms with E-state index in [9.17, 15) is 14.9 Å². The van der Waals surface area contributed by atoms with Gasteiger partial charge in [-0.25, -0.2) is 0 Å². The summed E-state index contributed by atoms with van der Waals surface area (Å²) in [5, 5.41) is 10.9. The molecule has 196 valence electrons. The van der Waals surface area contributed by atoms with Gasteiger partial charge in [0.25, 0.3) is 11.6 Å².